The molecule has 1 aromatic carbocycles. The van der Waals surface area contributed by atoms with Crippen molar-refractivity contribution < 1.29 is 18.5 Å². The number of nitrogens with one attached hydrogen (secondary N) is 1. The molecule has 2 amide bonds. The first-order valence-corrected chi connectivity index (χ1v) is 8.78. The topological polar surface area (TPSA) is 75.4 Å². The molecule has 2 aromatic rings. The minimum atomic E-state index is -0.351. The van der Waals surface area contributed by atoms with E-state index in [1.165, 1.54) is 12.1 Å². The van der Waals surface area contributed by atoms with Gasteiger partial charge in [-0.2, -0.15) is 0 Å². The minimum absolute atomic E-state index is 0.0733. The highest BCUT2D eigenvalue weighted by atomic mass is 19.1. The molecule has 1 aliphatic rings. The van der Waals surface area contributed by atoms with Crippen molar-refractivity contribution in [2.75, 3.05) is 13.1 Å². The number of aromatic nitrogens is 1. The summed E-state index contributed by atoms with van der Waals surface area (Å²) in [6, 6.07) is 7.65. The number of benzene rings is 1. The SMILES string of the molecule is Cc1cc(C(=O)NC[C@H](Cc2cccc(F)c2)N2CCCCC2=O)no1. The molecule has 1 saturated heterocycles. The monoisotopic (exact) mass is 359 g/mol. The Morgan fingerprint density at radius 1 is 1.38 bits per heavy atom. The second kappa shape index (κ2) is 8.12. The smallest absolute Gasteiger partial charge is 0.273 e. The van der Waals surface area contributed by atoms with Gasteiger partial charge in [0.15, 0.2) is 5.69 Å². The van der Waals surface area contributed by atoms with Crippen LogP contribution in [0.15, 0.2) is 34.9 Å². The lowest BCUT2D eigenvalue weighted by atomic mass is 10.0. The summed E-state index contributed by atoms with van der Waals surface area (Å²) in [4.78, 5) is 26.4. The fourth-order valence-electron chi connectivity index (χ4n) is 3.22. The number of amides is 2. The van der Waals surface area contributed by atoms with Crippen LogP contribution in [-0.4, -0.2) is 41.0 Å². The summed E-state index contributed by atoms with van der Waals surface area (Å²) in [5.41, 5.74) is 0.997. The van der Waals surface area contributed by atoms with E-state index < -0.39 is 0 Å². The lowest BCUT2D eigenvalue weighted by molar-refractivity contribution is -0.135. The van der Waals surface area contributed by atoms with Gasteiger partial charge in [0.25, 0.3) is 5.91 Å². The highest BCUT2D eigenvalue weighted by molar-refractivity contribution is 5.92. The lowest BCUT2D eigenvalue weighted by Gasteiger charge is -2.35. The molecule has 0 saturated carbocycles. The van der Waals surface area contributed by atoms with Crippen LogP contribution in [0.5, 0.6) is 0 Å². The summed E-state index contributed by atoms with van der Waals surface area (Å²) in [6.45, 7) is 2.63. The molecule has 0 bridgehead atoms. The van der Waals surface area contributed by atoms with Gasteiger partial charge < -0.3 is 14.7 Å². The Morgan fingerprint density at radius 3 is 2.92 bits per heavy atom. The molecule has 1 aromatic heterocycles. The van der Waals surface area contributed by atoms with E-state index in [-0.39, 0.29) is 35.9 Å². The summed E-state index contributed by atoms with van der Waals surface area (Å²) in [5.74, 6) is -0.0364. The molecular formula is C19H22FN3O3. The van der Waals surface area contributed by atoms with Gasteiger partial charge >= 0.3 is 0 Å². The van der Waals surface area contributed by atoms with Crippen LogP contribution in [0.3, 0.4) is 0 Å². The molecule has 1 N–H and O–H groups in total. The first kappa shape index (κ1) is 18.1. The fraction of sp³-hybridized carbons (Fsp3) is 0.421. The number of rotatable bonds is 6. The maximum Gasteiger partial charge on any atom is 0.273 e. The van der Waals surface area contributed by atoms with E-state index in [1.807, 2.05) is 6.07 Å². The highest BCUT2D eigenvalue weighted by Crippen LogP contribution is 2.17. The van der Waals surface area contributed by atoms with E-state index in [1.54, 1.807) is 24.0 Å². The van der Waals surface area contributed by atoms with E-state index in [0.29, 0.717) is 25.1 Å². The Bertz CT molecular complexity index is 790. The van der Waals surface area contributed by atoms with Crippen molar-refractivity contribution in [2.45, 2.75) is 38.6 Å². The highest BCUT2D eigenvalue weighted by Gasteiger charge is 2.27. The minimum Gasteiger partial charge on any atom is -0.361 e. The summed E-state index contributed by atoms with van der Waals surface area (Å²) < 4.78 is 18.4. The number of halogens is 1. The predicted octanol–water partition coefficient (Wildman–Crippen LogP) is 2.48. The van der Waals surface area contributed by atoms with Crippen LogP contribution in [0.2, 0.25) is 0 Å². The van der Waals surface area contributed by atoms with Gasteiger partial charge in [-0.05, 0) is 43.9 Å². The molecule has 138 valence electrons. The molecule has 26 heavy (non-hydrogen) atoms. The molecule has 1 aliphatic heterocycles. The third-order valence-electron chi connectivity index (χ3n) is 4.52. The number of hydrogen-bond acceptors (Lipinski definition) is 4. The van der Waals surface area contributed by atoms with Gasteiger partial charge in [0.2, 0.25) is 5.91 Å². The molecule has 0 radical (unpaired) electrons. The van der Waals surface area contributed by atoms with Crippen LogP contribution in [0, 0.1) is 12.7 Å². The largest absolute Gasteiger partial charge is 0.361 e. The van der Waals surface area contributed by atoms with Crippen LogP contribution in [0.1, 0.15) is 41.1 Å². The van der Waals surface area contributed by atoms with Gasteiger partial charge in [-0.25, -0.2) is 4.39 Å². The molecule has 0 unspecified atom stereocenters. The number of piperidine rings is 1. The quantitative estimate of drug-likeness (QED) is 0.860. The number of nitrogens with zero attached hydrogens (tertiary/aromatic N) is 2. The zero-order valence-electron chi connectivity index (χ0n) is 14.7. The van der Waals surface area contributed by atoms with E-state index in [9.17, 15) is 14.0 Å². The fourth-order valence-corrected chi connectivity index (χ4v) is 3.22. The number of hydrogen-bond donors (Lipinski definition) is 1. The summed E-state index contributed by atoms with van der Waals surface area (Å²) >= 11 is 0. The Balaban J connectivity index is 1.71. The average Bonchev–Trinajstić information content (AvgIpc) is 3.05. The summed E-state index contributed by atoms with van der Waals surface area (Å²) in [6.07, 6.45) is 2.80. The molecule has 3 rings (SSSR count). The van der Waals surface area contributed by atoms with Crippen LogP contribution < -0.4 is 5.32 Å². The molecule has 2 heterocycles. The van der Waals surface area contributed by atoms with Gasteiger partial charge in [0.05, 0.1) is 6.04 Å². The van der Waals surface area contributed by atoms with Gasteiger partial charge in [-0.1, -0.05) is 17.3 Å². The zero-order valence-corrected chi connectivity index (χ0v) is 14.7. The molecule has 0 aliphatic carbocycles. The molecule has 6 nitrogen and oxygen atoms in total. The second-order valence-electron chi connectivity index (χ2n) is 6.56. The van der Waals surface area contributed by atoms with Crippen molar-refractivity contribution in [2.24, 2.45) is 0 Å². The summed E-state index contributed by atoms with van der Waals surface area (Å²) in [5, 5.41) is 6.52. The molecule has 7 heteroatoms. The first-order chi connectivity index (χ1) is 12.5. The van der Waals surface area contributed by atoms with Crippen molar-refractivity contribution in [1.29, 1.82) is 0 Å². The van der Waals surface area contributed by atoms with E-state index in [2.05, 4.69) is 10.5 Å². The van der Waals surface area contributed by atoms with Crippen LogP contribution >= 0.6 is 0 Å². The maximum atomic E-state index is 13.5. The van der Waals surface area contributed by atoms with Crippen LogP contribution in [0.4, 0.5) is 4.39 Å². The number of aryl methyl sites for hydroxylation is 1. The molecular weight excluding hydrogens is 337 g/mol. The summed E-state index contributed by atoms with van der Waals surface area (Å²) in [7, 11) is 0. The van der Waals surface area contributed by atoms with E-state index in [4.69, 9.17) is 4.52 Å². The second-order valence-corrected chi connectivity index (χ2v) is 6.56. The lowest BCUT2D eigenvalue weighted by Crippen LogP contribution is -2.50. The van der Waals surface area contributed by atoms with Crippen molar-refractivity contribution in [3.63, 3.8) is 0 Å². The van der Waals surface area contributed by atoms with E-state index >= 15 is 0 Å². The van der Waals surface area contributed by atoms with Crippen LogP contribution in [-0.2, 0) is 11.2 Å². The van der Waals surface area contributed by atoms with E-state index in [0.717, 1.165) is 18.4 Å². The van der Waals surface area contributed by atoms with Crippen molar-refractivity contribution in [3.05, 3.63) is 53.2 Å². The Morgan fingerprint density at radius 2 is 2.23 bits per heavy atom. The molecule has 1 fully saturated rings. The van der Waals surface area contributed by atoms with Crippen molar-refractivity contribution in [1.82, 2.24) is 15.4 Å². The zero-order chi connectivity index (χ0) is 18.5. The maximum absolute atomic E-state index is 13.5. The number of carbonyl (C=O) groups is 2. The average molecular weight is 359 g/mol. The van der Waals surface area contributed by atoms with Crippen molar-refractivity contribution in [3.8, 4) is 0 Å². The normalized spacial score (nSPS) is 15.8. The molecule has 1 atom stereocenters. The van der Waals surface area contributed by atoms with Gasteiger partial charge in [0.1, 0.15) is 11.6 Å². The van der Waals surface area contributed by atoms with Crippen molar-refractivity contribution >= 4 is 11.8 Å². The van der Waals surface area contributed by atoms with Gasteiger partial charge in [-0.3, -0.25) is 9.59 Å². The molecule has 0 spiro atoms. The Kier molecular flexibility index (Phi) is 5.65. The predicted molar refractivity (Wildman–Crippen MR) is 93.0 cm³/mol. The van der Waals surface area contributed by atoms with Gasteiger partial charge in [0, 0.05) is 25.6 Å². The standard InChI is InChI=1S/C19H22FN3O3/c1-13-9-17(22-26-13)19(25)21-12-16(23-8-3-2-7-18(23)24)11-14-5-4-6-15(20)10-14/h4-6,9-10,16H,2-3,7-8,11-12H2,1H3,(H,21,25)/t16-/m0/s1. The third-order valence-corrected chi connectivity index (χ3v) is 4.52. The van der Waals surface area contributed by atoms with Crippen LogP contribution in [0.25, 0.3) is 0 Å². The number of carbonyl (C=O) groups excluding carboxylic acids is 2. The Labute approximate surface area is 151 Å². The number of likely N-dealkylation sites (tertiary alicyclic amines) is 1. The van der Waals surface area contributed by atoms with Gasteiger partial charge in [-0.15, -0.1) is 0 Å². The Hall–Kier alpha value is -2.70. The third kappa shape index (κ3) is 4.47. The first-order valence-electron chi connectivity index (χ1n) is 8.78.